The maximum atomic E-state index is 12.2. The van der Waals surface area contributed by atoms with E-state index in [4.69, 9.17) is 5.73 Å². The van der Waals surface area contributed by atoms with E-state index in [0.29, 0.717) is 12.2 Å². The molecule has 3 rings (SSSR count). The molecule has 0 saturated carbocycles. The average Bonchev–Trinajstić information content (AvgIpc) is 3.05. The molecule has 0 aliphatic heterocycles. The first-order valence-corrected chi connectivity index (χ1v) is 7.15. The van der Waals surface area contributed by atoms with E-state index in [1.165, 1.54) is 11.3 Å². The molecule has 0 spiro atoms. The van der Waals surface area contributed by atoms with Crippen LogP contribution < -0.4 is 5.73 Å². The number of benzene rings is 1. The first-order valence-electron chi connectivity index (χ1n) is 6.27. The van der Waals surface area contributed by atoms with Gasteiger partial charge in [-0.25, -0.2) is 9.97 Å². The van der Waals surface area contributed by atoms with Gasteiger partial charge >= 0.3 is 0 Å². The van der Waals surface area contributed by atoms with Crippen molar-refractivity contribution >= 4 is 28.2 Å². The Morgan fingerprint density at radius 1 is 1.35 bits per heavy atom. The number of aromatic nitrogens is 3. The van der Waals surface area contributed by atoms with Crippen molar-refractivity contribution in [2.75, 3.05) is 0 Å². The maximum absolute atomic E-state index is 12.2. The number of carbonyl (C=O) groups excluding carboxylic acids is 1. The fourth-order valence-electron chi connectivity index (χ4n) is 2.12. The Balaban J connectivity index is 1.89. The molecule has 6 heteroatoms. The second kappa shape index (κ2) is 5.15. The predicted molar refractivity (Wildman–Crippen MR) is 78.8 cm³/mol. The quantitative estimate of drug-likeness (QED) is 0.744. The Morgan fingerprint density at radius 3 is 2.85 bits per heavy atom. The lowest BCUT2D eigenvalue weighted by molar-refractivity contribution is 0.0986. The molecule has 0 aliphatic rings. The number of nitrogens with two attached hydrogens (primary N) is 1. The van der Waals surface area contributed by atoms with Crippen molar-refractivity contribution in [1.29, 1.82) is 0 Å². The number of rotatable bonds is 4. The van der Waals surface area contributed by atoms with E-state index in [1.807, 2.05) is 35.9 Å². The number of fused-ring (bicyclic) bond motifs is 1. The average molecular weight is 286 g/mol. The number of thiazole rings is 1. The van der Waals surface area contributed by atoms with Crippen LogP contribution in [0.3, 0.4) is 0 Å². The number of Topliss-reactive ketones (excluding diaryl/α,β-unsaturated/α-hetero) is 1. The standard InChI is InChI=1S/C14H14N4OS/c1-18-11-5-3-2-4-9(11)16-13(18)6-12(19)10-8-20-14(7-15)17-10/h2-5,8H,6-7,15H2,1H3. The second-order valence-electron chi connectivity index (χ2n) is 4.51. The maximum Gasteiger partial charge on any atom is 0.189 e. The van der Waals surface area contributed by atoms with E-state index in [-0.39, 0.29) is 12.2 Å². The highest BCUT2D eigenvalue weighted by atomic mass is 32.1. The molecular weight excluding hydrogens is 272 g/mol. The molecule has 0 unspecified atom stereocenters. The predicted octanol–water partition coefficient (Wildman–Crippen LogP) is 1.91. The van der Waals surface area contributed by atoms with E-state index in [9.17, 15) is 4.79 Å². The Kier molecular flexibility index (Phi) is 3.33. The molecule has 2 aromatic heterocycles. The van der Waals surface area contributed by atoms with Crippen LogP contribution in [0.5, 0.6) is 0 Å². The van der Waals surface area contributed by atoms with Gasteiger partial charge in [0.2, 0.25) is 0 Å². The molecule has 0 bridgehead atoms. The summed E-state index contributed by atoms with van der Waals surface area (Å²) >= 11 is 1.41. The Bertz CT molecular complexity index is 774. The first-order chi connectivity index (χ1) is 9.69. The smallest absolute Gasteiger partial charge is 0.189 e. The number of ketones is 1. The summed E-state index contributed by atoms with van der Waals surface area (Å²) in [5.41, 5.74) is 7.91. The van der Waals surface area contributed by atoms with Gasteiger partial charge in [-0.3, -0.25) is 4.79 Å². The number of carbonyl (C=O) groups is 1. The van der Waals surface area contributed by atoms with E-state index in [2.05, 4.69) is 9.97 Å². The number of aryl methyl sites for hydroxylation is 1. The van der Waals surface area contributed by atoms with Crippen LogP contribution in [-0.2, 0) is 20.0 Å². The van der Waals surface area contributed by atoms with Gasteiger partial charge in [-0.1, -0.05) is 12.1 Å². The van der Waals surface area contributed by atoms with Crippen LogP contribution in [0.15, 0.2) is 29.6 Å². The third kappa shape index (κ3) is 2.23. The van der Waals surface area contributed by atoms with Crippen molar-refractivity contribution in [3.63, 3.8) is 0 Å². The van der Waals surface area contributed by atoms with Gasteiger partial charge in [0.15, 0.2) is 5.78 Å². The van der Waals surface area contributed by atoms with Gasteiger partial charge in [0.05, 0.1) is 17.5 Å². The zero-order valence-corrected chi connectivity index (χ0v) is 11.9. The van der Waals surface area contributed by atoms with E-state index in [0.717, 1.165) is 21.9 Å². The fourth-order valence-corrected chi connectivity index (χ4v) is 2.80. The molecule has 1 aromatic carbocycles. The Morgan fingerprint density at radius 2 is 2.15 bits per heavy atom. The molecular formula is C14H14N4OS. The number of nitrogens with zero attached hydrogens (tertiary/aromatic N) is 3. The third-order valence-electron chi connectivity index (χ3n) is 3.21. The van der Waals surface area contributed by atoms with Crippen molar-refractivity contribution in [2.24, 2.45) is 12.8 Å². The third-order valence-corrected chi connectivity index (χ3v) is 4.08. The molecule has 2 heterocycles. The van der Waals surface area contributed by atoms with Crippen molar-refractivity contribution in [2.45, 2.75) is 13.0 Å². The lowest BCUT2D eigenvalue weighted by Gasteiger charge is -2.00. The van der Waals surface area contributed by atoms with Gasteiger partial charge in [0.1, 0.15) is 16.5 Å². The molecule has 0 saturated heterocycles. The van der Waals surface area contributed by atoms with Crippen LogP contribution in [0.25, 0.3) is 11.0 Å². The Labute approximate surface area is 120 Å². The monoisotopic (exact) mass is 286 g/mol. The highest BCUT2D eigenvalue weighted by Gasteiger charge is 2.15. The van der Waals surface area contributed by atoms with Gasteiger partial charge in [-0.2, -0.15) is 0 Å². The molecule has 0 fully saturated rings. The van der Waals surface area contributed by atoms with Gasteiger partial charge in [0, 0.05) is 19.0 Å². The minimum absolute atomic E-state index is 0.0284. The van der Waals surface area contributed by atoms with Crippen LogP contribution in [-0.4, -0.2) is 20.3 Å². The summed E-state index contributed by atoms with van der Waals surface area (Å²) in [6, 6.07) is 7.84. The van der Waals surface area contributed by atoms with Crippen molar-refractivity contribution in [3.8, 4) is 0 Å². The zero-order valence-electron chi connectivity index (χ0n) is 11.0. The van der Waals surface area contributed by atoms with Crippen molar-refractivity contribution in [1.82, 2.24) is 14.5 Å². The zero-order chi connectivity index (χ0) is 14.1. The summed E-state index contributed by atoms with van der Waals surface area (Å²) in [5.74, 6) is 0.720. The molecule has 5 nitrogen and oxygen atoms in total. The van der Waals surface area contributed by atoms with Crippen molar-refractivity contribution < 1.29 is 4.79 Å². The second-order valence-corrected chi connectivity index (χ2v) is 5.45. The van der Waals surface area contributed by atoms with E-state index in [1.54, 1.807) is 5.38 Å². The minimum Gasteiger partial charge on any atom is -0.331 e. The SMILES string of the molecule is Cn1c(CC(=O)c2csc(CN)n2)nc2ccccc21. The van der Waals surface area contributed by atoms with Crippen LogP contribution in [0.1, 0.15) is 21.3 Å². The fraction of sp³-hybridized carbons (Fsp3) is 0.214. The number of para-hydroxylation sites is 2. The summed E-state index contributed by atoms with van der Waals surface area (Å²) in [7, 11) is 1.92. The summed E-state index contributed by atoms with van der Waals surface area (Å²) in [4.78, 5) is 20.9. The van der Waals surface area contributed by atoms with Crippen molar-refractivity contribution in [3.05, 3.63) is 46.2 Å². The molecule has 20 heavy (non-hydrogen) atoms. The van der Waals surface area contributed by atoms with Gasteiger partial charge in [-0.15, -0.1) is 11.3 Å². The van der Waals surface area contributed by atoms with Gasteiger partial charge < -0.3 is 10.3 Å². The number of imidazole rings is 1. The van der Waals surface area contributed by atoms with E-state index >= 15 is 0 Å². The minimum atomic E-state index is -0.0284. The lowest BCUT2D eigenvalue weighted by Crippen LogP contribution is -2.09. The number of hydrogen-bond acceptors (Lipinski definition) is 5. The largest absolute Gasteiger partial charge is 0.331 e. The molecule has 2 N–H and O–H groups in total. The molecule has 0 aliphatic carbocycles. The lowest BCUT2D eigenvalue weighted by atomic mass is 10.2. The van der Waals surface area contributed by atoms with Crippen LogP contribution in [0.2, 0.25) is 0 Å². The molecule has 102 valence electrons. The molecule has 0 radical (unpaired) electrons. The highest BCUT2D eigenvalue weighted by molar-refractivity contribution is 7.09. The van der Waals surface area contributed by atoms with Gasteiger partial charge in [-0.05, 0) is 12.1 Å². The molecule has 0 atom stereocenters. The topological polar surface area (TPSA) is 73.8 Å². The number of hydrogen-bond donors (Lipinski definition) is 1. The normalized spacial score (nSPS) is 11.1. The molecule has 0 amide bonds. The summed E-state index contributed by atoms with van der Waals surface area (Å²) in [6.07, 6.45) is 0.249. The van der Waals surface area contributed by atoms with E-state index < -0.39 is 0 Å². The van der Waals surface area contributed by atoms with Gasteiger partial charge in [0.25, 0.3) is 0 Å². The molecule has 3 aromatic rings. The first kappa shape index (κ1) is 13.0. The Hall–Kier alpha value is -2.05. The highest BCUT2D eigenvalue weighted by Crippen LogP contribution is 2.16. The summed E-state index contributed by atoms with van der Waals surface area (Å²) in [5, 5.41) is 2.53. The summed E-state index contributed by atoms with van der Waals surface area (Å²) in [6.45, 7) is 0.365. The summed E-state index contributed by atoms with van der Waals surface area (Å²) < 4.78 is 1.95. The van der Waals surface area contributed by atoms with Crippen LogP contribution >= 0.6 is 11.3 Å². The van der Waals surface area contributed by atoms with Crippen LogP contribution in [0, 0.1) is 0 Å². The van der Waals surface area contributed by atoms with Crippen LogP contribution in [0.4, 0.5) is 0 Å².